The predicted molar refractivity (Wildman–Crippen MR) is 83.6 cm³/mol. The lowest BCUT2D eigenvalue weighted by Gasteiger charge is -2.38. The van der Waals surface area contributed by atoms with E-state index in [-0.39, 0.29) is 0 Å². The van der Waals surface area contributed by atoms with Crippen LogP contribution in [-0.2, 0) is 0 Å². The molecule has 0 amide bonds. The van der Waals surface area contributed by atoms with Gasteiger partial charge in [0.15, 0.2) is 0 Å². The minimum atomic E-state index is 0.410. The quantitative estimate of drug-likeness (QED) is 0.921. The lowest BCUT2D eigenvalue weighted by molar-refractivity contribution is 0.114. The van der Waals surface area contributed by atoms with E-state index in [2.05, 4.69) is 42.1 Å². The molecule has 20 heavy (non-hydrogen) atoms. The number of likely N-dealkylation sites (tertiary alicyclic amines) is 1. The number of nitrogens with two attached hydrogens (primary N) is 1. The fourth-order valence-electron chi connectivity index (χ4n) is 3.48. The van der Waals surface area contributed by atoms with Crippen LogP contribution in [0.4, 0.5) is 0 Å². The molecule has 1 aliphatic rings. The topological polar surface area (TPSA) is 47.1 Å². The van der Waals surface area contributed by atoms with E-state index >= 15 is 0 Å². The van der Waals surface area contributed by atoms with E-state index in [0.717, 1.165) is 6.54 Å². The highest BCUT2D eigenvalue weighted by Crippen LogP contribution is 2.36. The highest BCUT2D eigenvalue weighted by atomic mass is 15.2. The van der Waals surface area contributed by atoms with Crippen molar-refractivity contribution in [2.24, 2.45) is 11.7 Å². The van der Waals surface area contributed by atoms with Crippen LogP contribution in [-0.4, -0.2) is 33.6 Å². The Bertz CT molecular complexity index is 410. The van der Waals surface area contributed by atoms with Crippen molar-refractivity contribution in [2.45, 2.75) is 65.1 Å². The molecule has 1 saturated heterocycles. The highest BCUT2D eigenvalue weighted by Gasteiger charge is 2.33. The van der Waals surface area contributed by atoms with Crippen LogP contribution in [0, 0.1) is 5.92 Å². The molecule has 114 valence electrons. The maximum absolute atomic E-state index is 6.10. The molecule has 1 aliphatic heterocycles. The van der Waals surface area contributed by atoms with Gasteiger partial charge >= 0.3 is 0 Å². The molecular formula is C16H30N4. The van der Waals surface area contributed by atoms with Crippen molar-refractivity contribution < 1.29 is 0 Å². The summed E-state index contributed by atoms with van der Waals surface area (Å²) in [5, 5.41) is 0. The molecule has 2 unspecified atom stereocenters. The van der Waals surface area contributed by atoms with E-state index in [9.17, 15) is 0 Å². The van der Waals surface area contributed by atoms with Crippen LogP contribution < -0.4 is 5.73 Å². The van der Waals surface area contributed by atoms with Crippen LogP contribution >= 0.6 is 0 Å². The second-order valence-electron chi connectivity index (χ2n) is 6.59. The Labute approximate surface area is 123 Å². The Balaban J connectivity index is 2.41. The normalized spacial score (nSPS) is 25.4. The summed E-state index contributed by atoms with van der Waals surface area (Å²) in [7, 11) is 0. The van der Waals surface area contributed by atoms with Crippen molar-refractivity contribution >= 4 is 0 Å². The molecule has 1 fully saturated rings. The summed E-state index contributed by atoms with van der Waals surface area (Å²) in [5.74, 6) is 0.536. The van der Waals surface area contributed by atoms with E-state index in [1.165, 1.54) is 31.5 Å². The largest absolute Gasteiger partial charge is 0.331 e. The van der Waals surface area contributed by atoms with Gasteiger partial charge in [-0.15, -0.1) is 0 Å². The molecule has 2 N–H and O–H groups in total. The monoisotopic (exact) mass is 278 g/mol. The molecule has 2 heterocycles. The summed E-state index contributed by atoms with van der Waals surface area (Å²) in [5.41, 5.74) is 7.44. The summed E-state index contributed by atoms with van der Waals surface area (Å²) in [6, 6.07) is 1.40. The highest BCUT2D eigenvalue weighted by molar-refractivity contribution is 5.10. The third-order valence-electron chi connectivity index (χ3n) is 4.57. The van der Waals surface area contributed by atoms with Gasteiger partial charge in [-0.2, -0.15) is 0 Å². The molecule has 0 spiro atoms. The van der Waals surface area contributed by atoms with Crippen LogP contribution in [0.3, 0.4) is 0 Å². The number of imidazole rings is 1. The lowest BCUT2D eigenvalue weighted by atomic mass is 9.91. The summed E-state index contributed by atoms with van der Waals surface area (Å²) >= 11 is 0. The minimum absolute atomic E-state index is 0.410. The van der Waals surface area contributed by atoms with Gasteiger partial charge in [0.2, 0.25) is 0 Å². The molecule has 0 radical (unpaired) electrons. The van der Waals surface area contributed by atoms with Gasteiger partial charge in [-0.1, -0.05) is 6.42 Å². The number of rotatable bonds is 4. The summed E-state index contributed by atoms with van der Waals surface area (Å²) in [4.78, 5) is 7.03. The lowest BCUT2D eigenvalue weighted by Crippen LogP contribution is -2.41. The van der Waals surface area contributed by atoms with Crippen LogP contribution in [0.25, 0.3) is 0 Å². The van der Waals surface area contributed by atoms with Crippen molar-refractivity contribution in [3.05, 3.63) is 18.2 Å². The maximum Gasteiger partial charge on any atom is 0.0951 e. The molecule has 4 heteroatoms. The second-order valence-corrected chi connectivity index (χ2v) is 6.59. The molecule has 0 saturated carbocycles. The van der Waals surface area contributed by atoms with Crippen molar-refractivity contribution in [3.8, 4) is 0 Å². The molecule has 1 aromatic rings. The van der Waals surface area contributed by atoms with Gasteiger partial charge in [-0.25, -0.2) is 4.98 Å². The third kappa shape index (κ3) is 3.07. The Hall–Kier alpha value is -0.870. The number of nitrogens with zero attached hydrogens (tertiary/aromatic N) is 3. The van der Waals surface area contributed by atoms with Crippen LogP contribution in [0.15, 0.2) is 12.5 Å². The predicted octanol–water partition coefficient (Wildman–Crippen LogP) is 2.97. The van der Waals surface area contributed by atoms with Gasteiger partial charge in [0, 0.05) is 18.3 Å². The van der Waals surface area contributed by atoms with Crippen LogP contribution in [0.2, 0.25) is 0 Å². The van der Waals surface area contributed by atoms with E-state index < -0.39 is 0 Å². The van der Waals surface area contributed by atoms with Gasteiger partial charge in [-0.3, -0.25) is 4.90 Å². The van der Waals surface area contributed by atoms with Crippen LogP contribution in [0.5, 0.6) is 0 Å². The van der Waals surface area contributed by atoms with Gasteiger partial charge in [0.05, 0.1) is 18.1 Å². The Kier molecular flexibility index (Phi) is 5.22. The van der Waals surface area contributed by atoms with Crippen molar-refractivity contribution in [2.75, 3.05) is 13.1 Å². The number of hydrogen-bond acceptors (Lipinski definition) is 3. The Morgan fingerprint density at radius 3 is 2.60 bits per heavy atom. The molecule has 0 bridgehead atoms. The van der Waals surface area contributed by atoms with Gasteiger partial charge in [0.25, 0.3) is 0 Å². The summed E-state index contributed by atoms with van der Waals surface area (Å²) in [6.45, 7) is 11.0. The SMILES string of the molecule is CC(C)N1CCCCC(CN)C1c1cncn1C(C)C. The fourth-order valence-corrected chi connectivity index (χ4v) is 3.48. The van der Waals surface area contributed by atoms with Crippen molar-refractivity contribution in [1.29, 1.82) is 0 Å². The van der Waals surface area contributed by atoms with Gasteiger partial charge < -0.3 is 10.3 Å². The van der Waals surface area contributed by atoms with Crippen molar-refractivity contribution in [3.63, 3.8) is 0 Å². The van der Waals surface area contributed by atoms with Gasteiger partial charge in [-0.05, 0) is 59.5 Å². The molecular weight excluding hydrogens is 248 g/mol. The molecule has 4 nitrogen and oxygen atoms in total. The van der Waals surface area contributed by atoms with E-state index in [1.807, 2.05) is 12.5 Å². The summed E-state index contributed by atoms with van der Waals surface area (Å²) in [6.07, 6.45) is 7.82. The fraction of sp³-hybridized carbons (Fsp3) is 0.812. The van der Waals surface area contributed by atoms with Crippen molar-refractivity contribution in [1.82, 2.24) is 14.5 Å². The average Bonchev–Trinajstić information content (AvgIpc) is 2.78. The van der Waals surface area contributed by atoms with E-state index in [1.54, 1.807) is 0 Å². The first kappa shape index (κ1) is 15.5. The molecule has 2 atom stereocenters. The average molecular weight is 278 g/mol. The van der Waals surface area contributed by atoms with E-state index in [4.69, 9.17) is 5.73 Å². The number of aromatic nitrogens is 2. The zero-order valence-corrected chi connectivity index (χ0v) is 13.4. The Morgan fingerprint density at radius 2 is 2.00 bits per heavy atom. The smallest absolute Gasteiger partial charge is 0.0951 e. The maximum atomic E-state index is 6.10. The minimum Gasteiger partial charge on any atom is -0.331 e. The third-order valence-corrected chi connectivity index (χ3v) is 4.57. The first-order chi connectivity index (χ1) is 9.56. The first-order valence-electron chi connectivity index (χ1n) is 8.03. The molecule has 1 aromatic heterocycles. The summed E-state index contributed by atoms with van der Waals surface area (Å²) < 4.78 is 2.31. The number of hydrogen-bond donors (Lipinski definition) is 1. The van der Waals surface area contributed by atoms with Gasteiger partial charge in [0.1, 0.15) is 0 Å². The molecule has 0 aromatic carbocycles. The zero-order chi connectivity index (χ0) is 14.7. The first-order valence-corrected chi connectivity index (χ1v) is 8.03. The molecule has 2 rings (SSSR count). The zero-order valence-electron chi connectivity index (χ0n) is 13.4. The van der Waals surface area contributed by atoms with E-state index in [0.29, 0.717) is 24.0 Å². The second kappa shape index (κ2) is 6.72. The molecule has 0 aliphatic carbocycles. The van der Waals surface area contributed by atoms with Crippen LogP contribution in [0.1, 0.15) is 64.7 Å². The Morgan fingerprint density at radius 1 is 1.25 bits per heavy atom. The standard InChI is InChI=1S/C16H30N4/c1-12(2)19-8-6-5-7-14(9-17)16(19)15-10-18-11-20(15)13(3)4/h10-14,16H,5-9,17H2,1-4H3.